The Labute approximate surface area is 209 Å². The molecule has 6 nitrogen and oxygen atoms in total. The van der Waals surface area contributed by atoms with E-state index in [4.69, 9.17) is 0 Å². The first-order chi connectivity index (χ1) is 17.3. The zero-order valence-electron chi connectivity index (χ0n) is 20.5. The standard InChI is InChI=1S/C29H28FN3O3/c1-18-12-21(27-31-16-22(30)17-32-27)13-19(2)25(18)26-23(34)14-29(15-24(26)35)8-10-33(11-9-29)28(36)20-6-4-3-5-7-20/h3-7,12-13,16-17,26H,8-11,14-15H2,1-2H3. The van der Waals surface area contributed by atoms with Crippen LogP contribution in [0.3, 0.4) is 0 Å². The van der Waals surface area contributed by atoms with Gasteiger partial charge in [0.05, 0.1) is 12.4 Å². The predicted molar refractivity (Wildman–Crippen MR) is 133 cm³/mol. The lowest BCUT2D eigenvalue weighted by atomic mass is 9.62. The molecule has 1 spiro atoms. The average Bonchev–Trinajstić information content (AvgIpc) is 2.86. The Hall–Kier alpha value is -3.74. The van der Waals surface area contributed by atoms with Gasteiger partial charge in [-0.25, -0.2) is 14.4 Å². The zero-order chi connectivity index (χ0) is 25.4. The summed E-state index contributed by atoms with van der Waals surface area (Å²) in [4.78, 5) is 49.6. The molecule has 184 valence electrons. The van der Waals surface area contributed by atoms with Gasteiger partial charge in [0.25, 0.3) is 5.91 Å². The number of nitrogens with zero attached hydrogens (tertiary/aromatic N) is 3. The number of halogens is 1. The van der Waals surface area contributed by atoms with E-state index in [9.17, 15) is 18.8 Å². The molecule has 0 bridgehead atoms. The van der Waals surface area contributed by atoms with Crippen molar-refractivity contribution in [1.29, 1.82) is 0 Å². The minimum absolute atomic E-state index is 0.00624. The molecular weight excluding hydrogens is 457 g/mol. The summed E-state index contributed by atoms with van der Waals surface area (Å²) >= 11 is 0. The first kappa shape index (κ1) is 24.0. The van der Waals surface area contributed by atoms with E-state index in [0.717, 1.165) is 34.6 Å². The topological polar surface area (TPSA) is 80.2 Å². The number of ketones is 2. The molecule has 2 aliphatic rings. The highest BCUT2D eigenvalue weighted by atomic mass is 19.1. The number of rotatable bonds is 3. The summed E-state index contributed by atoms with van der Waals surface area (Å²) in [6, 6.07) is 12.9. The quantitative estimate of drug-likeness (QED) is 0.496. The maximum Gasteiger partial charge on any atom is 0.253 e. The normalized spacial score (nSPS) is 18.0. The fraction of sp³-hybridized carbons (Fsp3) is 0.345. The number of benzene rings is 2. The Balaban J connectivity index is 1.32. The van der Waals surface area contributed by atoms with Crippen LogP contribution in [-0.4, -0.2) is 45.4 Å². The fourth-order valence-corrected chi connectivity index (χ4v) is 5.83. The van der Waals surface area contributed by atoms with Crippen LogP contribution in [0.15, 0.2) is 54.9 Å². The molecule has 0 unspecified atom stereocenters. The number of piperidine rings is 1. The SMILES string of the molecule is Cc1cc(-c2ncc(F)cn2)cc(C)c1C1C(=O)CC2(CCN(C(=O)c3ccccc3)CC2)CC1=O. The molecule has 0 radical (unpaired) electrons. The second-order valence-corrected chi connectivity index (χ2v) is 10.1. The highest BCUT2D eigenvalue weighted by molar-refractivity contribution is 6.10. The Morgan fingerprint density at radius 3 is 2.06 bits per heavy atom. The summed E-state index contributed by atoms with van der Waals surface area (Å²) in [7, 11) is 0. The van der Waals surface area contributed by atoms with Crippen LogP contribution in [0.4, 0.5) is 4.39 Å². The highest BCUT2D eigenvalue weighted by Crippen LogP contribution is 2.47. The molecule has 36 heavy (non-hydrogen) atoms. The van der Waals surface area contributed by atoms with Crippen molar-refractivity contribution in [3.05, 3.63) is 82.9 Å². The van der Waals surface area contributed by atoms with Crippen molar-refractivity contribution in [2.24, 2.45) is 5.41 Å². The molecule has 0 atom stereocenters. The molecule has 2 aromatic carbocycles. The van der Waals surface area contributed by atoms with Crippen molar-refractivity contribution in [2.45, 2.75) is 45.4 Å². The summed E-state index contributed by atoms with van der Waals surface area (Å²) in [5, 5.41) is 0. The van der Waals surface area contributed by atoms with Crippen LogP contribution >= 0.6 is 0 Å². The lowest BCUT2D eigenvalue weighted by Gasteiger charge is -2.44. The van der Waals surface area contributed by atoms with Gasteiger partial charge in [0.1, 0.15) is 17.5 Å². The molecule has 1 amide bonds. The fourth-order valence-electron chi connectivity index (χ4n) is 5.83. The molecule has 2 heterocycles. The summed E-state index contributed by atoms with van der Waals surface area (Å²) < 4.78 is 13.2. The molecule has 1 aliphatic carbocycles. The lowest BCUT2D eigenvalue weighted by molar-refractivity contribution is -0.138. The number of aryl methyl sites for hydroxylation is 2. The number of amides is 1. The highest BCUT2D eigenvalue weighted by Gasteiger charge is 2.47. The maximum absolute atomic E-state index is 13.4. The molecule has 1 aromatic heterocycles. The van der Waals surface area contributed by atoms with Crippen LogP contribution < -0.4 is 0 Å². The Kier molecular flexibility index (Phi) is 6.24. The van der Waals surface area contributed by atoms with E-state index >= 15 is 0 Å². The van der Waals surface area contributed by atoms with Crippen molar-refractivity contribution < 1.29 is 18.8 Å². The number of Topliss-reactive ketones (excluding diaryl/α,β-unsaturated/α-hetero) is 2. The number of likely N-dealkylation sites (tertiary alicyclic amines) is 1. The van der Waals surface area contributed by atoms with Gasteiger partial charge in [-0.1, -0.05) is 18.2 Å². The van der Waals surface area contributed by atoms with Crippen LogP contribution in [-0.2, 0) is 9.59 Å². The molecule has 1 aliphatic heterocycles. The van der Waals surface area contributed by atoms with Gasteiger partial charge in [-0.05, 0) is 73.1 Å². The zero-order valence-corrected chi connectivity index (χ0v) is 20.5. The number of hydrogen-bond acceptors (Lipinski definition) is 5. The van der Waals surface area contributed by atoms with E-state index in [1.54, 1.807) is 0 Å². The number of hydrogen-bond donors (Lipinski definition) is 0. The molecular formula is C29H28FN3O3. The molecule has 1 saturated heterocycles. The van der Waals surface area contributed by atoms with Crippen molar-refractivity contribution in [3.8, 4) is 11.4 Å². The van der Waals surface area contributed by atoms with E-state index in [2.05, 4.69) is 9.97 Å². The maximum atomic E-state index is 13.4. The van der Waals surface area contributed by atoms with Gasteiger partial charge in [0.15, 0.2) is 11.6 Å². The van der Waals surface area contributed by atoms with E-state index in [1.807, 2.05) is 61.2 Å². The van der Waals surface area contributed by atoms with Gasteiger partial charge in [-0.3, -0.25) is 14.4 Å². The van der Waals surface area contributed by atoms with Gasteiger partial charge in [-0.2, -0.15) is 0 Å². The molecule has 1 saturated carbocycles. The largest absolute Gasteiger partial charge is 0.339 e. The van der Waals surface area contributed by atoms with Crippen molar-refractivity contribution >= 4 is 17.5 Å². The second kappa shape index (κ2) is 9.37. The second-order valence-electron chi connectivity index (χ2n) is 10.1. The molecule has 2 fully saturated rings. The van der Waals surface area contributed by atoms with E-state index < -0.39 is 11.7 Å². The average molecular weight is 486 g/mol. The minimum atomic E-state index is -0.775. The van der Waals surface area contributed by atoms with Crippen LogP contribution in [0.1, 0.15) is 58.6 Å². The first-order valence-electron chi connectivity index (χ1n) is 12.3. The van der Waals surface area contributed by atoms with E-state index in [1.165, 1.54) is 0 Å². The van der Waals surface area contributed by atoms with Gasteiger partial charge in [0.2, 0.25) is 0 Å². The third kappa shape index (κ3) is 4.45. The van der Waals surface area contributed by atoms with Gasteiger partial charge in [0, 0.05) is 37.1 Å². The van der Waals surface area contributed by atoms with E-state index in [0.29, 0.717) is 50.2 Å². The summed E-state index contributed by atoms with van der Waals surface area (Å²) in [6.45, 7) is 4.86. The van der Waals surface area contributed by atoms with Crippen molar-refractivity contribution in [2.75, 3.05) is 13.1 Å². The third-order valence-electron chi connectivity index (χ3n) is 7.64. The van der Waals surface area contributed by atoms with Crippen molar-refractivity contribution in [1.82, 2.24) is 14.9 Å². The lowest BCUT2D eigenvalue weighted by Crippen LogP contribution is -2.48. The number of aromatic nitrogens is 2. The van der Waals surface area contributed by atoms with Crippen LogP contribution in [0, 0.1) is 25.1 Å². The molecule has 0 N–H and O–H groups in total. The van der Waals surface area contributed by atoms with E-state index in [-0.39, 0.29) is 22.9 Å². The summed E-state index contributed by atoms with van der Waals surface area (Å²) in [6.07, 6.45) is 4.22. The number of carbonyl (C=O) groups is 3. The smallest absolute Gasteiger partial charge is 0.253 e. The third-order valence-corrected chi connectivity index (χ3v) is 7.64. The summed E-state index contributed by atoms with van der Waals surface area (Å²) in [5.74, 6) is -0.995. The predicted octanol–water partition coefficient (Wildman–Crippen LogP) is 4.84. The van der Waals surface area contributed by atoms with Crippen LogP contribution in [0.25, 0.3) is 11.4 Å². The van der Waals surface area contributed by atoms with Gasteiger partial charge >= 0.3 is 0 Å². The van der Waals surface area contributed by atoms with Gasteiger partial charge < -0.3 is 4.90 Å². The monoisotopic (exact) mass is 485 g/mol. The van der Waals surface area contributed by atoms with Gasteiger partial charge in [-0.15, -0.1) is 0 Å². The van der Waals surface area contributed by atoms with Crippen molar-refractivity contribution in [3.63, 3.8) is 0 Å². The Morgan fingerprint density at radius 1 is 0.944 bits per heavy atom. The Bertz CT molecular complexity index is 1290. The molecule has 5 rings (SSSR count). The number of carbonyl (C=O) groups excluding carboxylic acids is 3. The summed E-state index contributed by atoms with van der Waals surface area (Å²) in [5.41, 5.74) is 3.40. The van der Waals surface area contributed by atoms with Crippen LogP contribution in [0.5, 0.6) is 0 Å². The van der Waals surface area contributed by atoms with Crippen LogP contribution in [0.2, 0.25) is 0 Å². The Morgan fingerprint density at radius 2 is 1.50 bits per heavy atom. The molecule has 7 heteroatoms. The minimum Gasteiger partial charge on any atom is -0.339 e. The molecule has 3 aromatic rings. The first-order valence-corrected chi connectivity index (χ1v) is 12.3.